The zero-order chi connectivity index (χ0) is 21.0. The molecule has 2 aromatic carbocycles. The molecule has 0 unspecified atom stereocenters. The fourth-order valence-corrected chi connectivity index (χ4v) is 4.35. The van der Waals surface area contributed by atoms with Crippen LogP contribution in [-0.4, -0.2) is 29.6 Å². The van der Waals surface area contributed by atoms with Gasteiger partial charge in [0, 0.05) is 24.7 Å². The third-order valence-corrected chi connectivity index (χ3v) is 6.45. The largest absolute Gasteiger partial charge is 0.380 e. The number of fused-ring (bicyclic) bond motifs is 1. The van der Waals surface area contributed by atoms with Gasteiger partial charge in [-0.1, -0.05) is 41.9 Å². The van der Waals surface area contributed by atoms with E-state index >= 15 is 0 Å². The van der Waals surface area contributed by atoms with Crippen LogP contribution in [0.15, 0.2) is 48.8 Å². The van der Waals surface area contributed by atoms with E-state index in [4.69, 9.17) is 11.6 Å². The van der Waals surface area contributed by atoms with Gasteiger partial charge in [0.05, 0.1) is 16.4 Å². The van der Waals surface area contributed by atoms with E-state index in [-0.39, 0.29) is 0 Å². The summed E-state index contributed by atoms with van der Waals surface area (Å²) in [4.78, 5) is 8.80. The number of hydrogen-bond acceptors (Lipinski definition) is 5. The molecule has 31 heavy (non-hydrogen) atoms. The normalized spacial score (nSPS) is 15.8. The minimum absolute atomic E-state index is 0.738. The first-order valence-electron chi connectivity index (χ1n) is 11.2. The highest BCUT2D eigenvalue weighted by Gasteiger charge is 2.20. The molecule has 0 bridgehead atoms. The Morgan fingerprint density at radius 1 is 0.968 bits per heavy atom. The van der Waals surface area contributed by atoms with Gasteiger partial charge in [-0.2, -0.15) is 0 Å². The van der Waals surface area contributed by atoms with Crippen molar-refractivity contribution in [3.8, 4) is 11.3 Å². The Hall–Kier alpha value is -2.63. The predicted octanol–water partition coefficient (Wildman–Crippen LogP) is 4.92. The van der Waals surface area contributed by atoms with Gasteiger partial charge in [0.15, 0.2) is 0 Å². The van der Waals surface area contributed by atoms with Crippen LogP contribution >= 0.6 is 11.6 Å². The van der Waals surface area contributed by atoms with Gasteiger partial charge in [0.25, 0.3) is 0 Å². The van der Waals surface area contributed by atoms with Crippen molar-refractivity contribution in [2.45, 2.75) is 32.2 Å². The van der Waals surface area contributed by atoms with E-state index in [0.29, 0.717) is 0 Å². The summed E-state index contributed by atoms with van der Waals surface area (Å²) in [5, 5.41) is 11.3. The quantitative estimate of drug-likeness (QED) is 0.493. The smallest absolute Gasteiger partial charge is 0.129 e. The summed E-state index contributed by atoms with van der Waals surface area (Å²) in [6.45, 7) is 3.76. The Morgan fingerprint density at radius 2 is 1.81 bits per heavy atom. The molecule has 2 aliphatic rings. The Morgan fingerprint density at radius 3 is 2.65 bits per heavy atom. The molecule has 160 valence electrons. The summed E-state index contributed by atoms with van der Waals surface area (Å²) >= 11 is 6.55. The number of anilines is 2. The van der Waals surface area contributed by atoms with Crippen molar-refractivity contribution in [1.82, 2.24) is 15.3 Å². The van der Waals surface area contributed by atoms with E-state index in [1.165, 1.54) is 29.5 Å². The van der Waals surface area contributed by atoms with Crippen molar-refractivity contribution in [1.29, 1.82) is 0 Å². The molecule has 5 nitrogen and oxygen atoms in total. The zero-order valence-corrected chi connectivity index (χ0v) is 18.4. The zero-order valence-electron chi connectivity index (χ0n) is 17.6. The maximum atomic E-state index is 6.55. The molecular weight excluding hydrogens is 406 g/mol. The van der Waals surface area contributed by atoms with Crippen LogP contribution < -0.4 is 16.0 Å². The third kappa shape index (κ3) is 5.00. The fourth-order valence-electron chi connectivity index (χ4n) is 4.10. The first-order chi connectivity index (χ1) is 15.3. The number of halogens is 1. The average molecular weight is 434 g/mol. The molecule has 1 saturated carbocycles. The second kappa shape index (κ2) is 9.25. The number of hydrogen-bond donors (Lipinski definition) is 3. The second-order valence-electron chi connectivity index (χ2n) is 8.47. The van der Waals surface area contributed by atoms with Crippen LogP contribution in [0.2, 0.25) is 5.02 Å². The van der Waals surface area contributed by atoms with E-state index in [2.05, 4.69) is 56.3 Å². The highest BCUT2D eigenvalue weighted by Crippen LogP contribution is 2.31. The van der Waals surface area contributed by atoms with Gasteiger partial charge in [0.2, 0.25) is 0 Å². The molecule has 1 aromatic heterocycles. The van der Waals surface area contributed by atoms with Crippen molar-refractivity contribution in [2.24, 2.45) is 5.92 Å². The number of aromatic nitrogens is 2. The lowest BCUT2D eigenvalue weighted by atomic mass is 10.0. The van der Waals surface area contributed by atoms with E-state index in [1.807, 2.05) is 12.1 Å². The highest BCUT2D eigenvalue weighted by atomic mass is 35.5. The van der Waals surface area contributed by atoms with Crippen molar-refractivity contribution in [3.63, 3.8) is 0 Å². The second-order valence-corrected chi connectivity index (χ2v) is 8.88. The van der Waals surface area contributed by atoms with Crippen molar-refractivity contribution in [3.05, 3.63) is 70.5 Å². The van der Waals surface area contributed by atoms with Gasteiger partial charge >= 0.3 is 0 Å². The third-order valence-electron chi connectivity index (χ3n) is 6.14. The van der Waals surface area contributed by atoms with Crippen LogP contribution in [0.1, 0.15) is 29.5 Å². The molecule has 0 amide bonds. The first-order valence-corrected chi connectivity index (χ1v) is 11.5. The Bertz CT molecular complexity index is 1050. The van der Waals surface area contributed by atoms with Crippen LogP contribution in [0.3, 0.4) is 0 Å². The standard InChI is InChI=1S/C25H28ClN5/c26-22-8-7-19-9-11-27-12-10-21(19)25(22)29-15-18-3-5-20(6-4-18)23-13-24(31-16-30-23)28-14-17-1-2-17/h3-8,13,16-17,27,29H,1-2,9-12,14-15H2,(H,28,30,31). The summed E-state index contributed by atoms with van der Waals surface area (Å²) in [5.41, 5.74) is 7.07. The maximum absolute atomic E-state index is 6.55. The van der Waals surface area contributed by atoms with Crippen molar-refractivity contribution >= 4 is 23.1 Å². The molecule has 1 aliphatic carbocycles. The highest BCUT2D eigenvalue weighted by molar-refractivity contribution is 6.33. The van der Waals surface area contributed by atoms with Crippen LogP contribution in [0, 0.1) is 5.92 Å². The molecule has 3 aromatic rings. The van der Waals surface area contributed by atoms with E-state index < -0.39 is 0 Å². The molecule has 1 aliphatic heterocycles. The van der Waals surface area contributed by atoms with Crippen molar-refractivity contribution < 1.29 is 0 Å². The molecule has 0 radical (unpaired) electrons. The Labute approximate surface area is 188 Å². The molecule has 6 heteroatoms. The van der Waals surface area contributed by atoms with Gasteiger partial charge in [-0.05, 0) is 67.4 Å². The minimum atomic E-state index is 0.738. The molecule has 3 N–H and O–H groups in total. The number of nitrogens with zero attached hydrogens (tertiary/aromatic N) is 2. The Balaban J connectivity index is 1.27. The van der Waals surface area contributed by atoms with Gasteiger partial charge in [0.1, 0.15) is 12.1 Å². The maximum Gasteiger partial charge on any atom is 0.129 e. The summed E-state index contributed by atoms with van der Waals surface area (Å²) in [6.07, 6.45) is 6.34. The van der Waals surface area contributed by atoms with Crippen LogP contribution in [0.25, 0.3) is 11.3 Å². The molecule has 2 heterocycles. The van der Waals surface area contributed by atoms with Gasteiger partial charge in [-0.3, -0.25) is 0 Å². The van der Waals surface area contributed by atoms with Crippen LogP contribution in [-0.2, 0) is 19.4 Å². The van der Waals surface area contributed by atoms with Gasteiger partial charge < -0.3 is 16.0 Å². The van der Waals surface area contributed by atoms with E-state index in [1.54, 1.807) is 6.33 Å². The lowest BCUT2D eigenvalue weighted by Gasteiger charge is -2.16. The summed E-state index contributed by atoms with van der Waals surface area (Å²) in [7, 11) is 0. The molecule has 5 rings (SSSR count). The lowest BCUT2D eigenvalue weighted by molar-refractivity contribution is 0.711. The summed E-state index contributed by atoms with van der Waals surface area (Å²) in [5.74, 6) is 1.71. The van der Waals surface area contributed by atoms with Crippen LogP contribution in [0.4, 0.5) is 11.5 Å². The van der Waals surface area contributed by atoms with E-state index in [0.717, 1.165) is 72.7 Å². The molecular formula is C25H28ClN5. The SMILES string of the molecule is Clc1ccc2c(c1NCc1ccc(-c3cc(NCC4CC4)ncn3)cc1)CCNCC2. The van der Waals surface area contributed by atoms with E-state index in [9.17, 15) is 0 Å². The number of nitrogens with one attached hydrogen (secondary N) is 3. The van der Waals surface area contributed by atoms with Gasteiger partial charge in [-0.15, -0.1) is 0 Å². The number of rotatable bonds is 7. The fraction of sp³-hybridized carbons (Fsp3) is 0.360. The average Bonchev–Trinajstić information content (AvgIpc) is 3.65. The summed E-state index contributed by atoms with van der Waals surface area (Å²) in [6, 6.07) is 14.8. The Kier molecular flexibility index (Phi) is 6.05. The molecule has 0 atom stereocenters. The van der Waals surface area contributed by atoms with Crippen LogP contribution in [0.5, 0.6) is 0 Å². The first kappa shape index (κ1) is 20.3. The lowest BCUT2D eigenvalue weighted by Crippen LogP contribution is -2.16. The monoisotopic (exact) mass is 433 g/mol. The minimum Gasteiger partial charge on any atom is -0.380 e. The molecule has 0 spiro atoms. The topological polar surface area (TPSA) is 61.9 Å². The molecule has 1 fully saturated rings. The number of benzene rings is 2. The van der Waals surface area contributed by atoms with Crippen molar-refractivity contribution in [2.75, 3.05) is 30.3 Å². The van der Waals surface area contributed by atoms with Gasteiger partial charge in [-0.25, -0.2) is 9.97 Å². The predicted molar refractivity (Wildman–Crippen MR) is 128 cm³/mol. The molecule has 0 saturated heterocycles. The summed E-state index contributed by atoms with van der Waals surface area (Å²) < 4.78 is 0.